The molecule has 0 bridgehead atoms. The molecule has 6 nitrogen and oxygen atoms in total. The molecule has 1 aliphatic heterocycles. The predicted molar refractivity (Wildman–Crippen MR) is 84.1 cm³/mol. The smallest absolute Gasteiger partial charge is 0.276 e. The highest BCUT2D eigenvalue weighted by Gasteiger charge is 2.27. The topological polar surface area (TPSA) is 63.1 Å². The molecule has 6 heteroatoms. The summed E-state index contributed by atoms with van der Waals surface area (Å²) in [4.78, 5) is 14.6. The molecule has 0 saturated carbocycles. The van der Waals surface area contributed by atoms with Gasteiger partial charge in [-0.2, -0.15) is 0 Å². The fourth-order valence-corrected chi connectivity index (χ4v) is 2.89. The Morgan fingerprint density at radius 3 is 2.82 bits per heavy atom. The first-order valence-corrected chi connectivity index (χ1v) is 7.65. The lowest BCUT2D eigenvalue weighted by Gasteiger charge is -2.32. The van der Waals surface area contributed by atoms with Gasteiger partial charge in [-0.25, -0.2) is 4.68 Å². The van der Waals surface area contributed by atoms with Crippen molar-refractivity contribution < 1.29 is 4.79 Å². The summed E-state index contributed by atoms with van der Waals surface area (Å²) in [5.41, 5.74) is 2.14. The maximum Gasteiger partial charge on any atom is 0.276 e. The summed E-state index contributed by atoms with van der Waals surface area (Å²) in [6.07, 6.45) is 2.12. The number of carbonyl (C=O) groups is 1. The highest BCUT2D eigenvalue weighted by Crippen LogP contribution is 2.16. The van der Waals surface area contributed by atoms with Gasteiger partial charge in [-0.3, -0.25) is 4.79 Å². The number of piperidine rings is 1. The number of aromatic nitrogens is 3. The lowest BCUT2D eigenvalue weighted by molar-refractivity contribution is 0.0691. The molecular weight excluding hydrogens is 278 g/mol. The molecule has 1 fully saturated rings. The monoisotopic (exact) mass is 299 g/mol. The van der Waals surface area contributed by atoms with Crippen molar-refractivity contribution in [3.63, 3.8) is 0 Å². The van der Waals surface area contributed by atoms with Crippen molar-refractivity contribution in [2.45, 2.75) is 25.8 Å². The maximum atomic E-state index is 12.7. The number of para-hydroxylation sites is 1. The standard InChI is InChI=1S/C16H21N5O/c1-12-15(16(22)20-10-6-7-13(11-20)17-2)18-19-21(12)14-8-4-3-5-9-14/h3-5,8-9,13,17H,6-7,10-11H2,1-2H3. The second-order valence-electron chi connectivity index (χ2n) is 5.65. The van der Waals surface area contributed by atoms with Crippen LogP contribution in [0.3, 0.4) is 0 Å². The summed E-state index contributed by atoms with van der Waals surface area (Å²) in [5, 5.41) is 11.5. The zero-order valence-electron chi connectivity index (χ0n) is 13.0. The van der Waals surface area contributed by atoms with E-state index < -0.39 is 0 Å². The minimum absolute atomic E-state index is 0.0281. The Kier molecular flexibility index (Phi) is 4.20. The van der Waals surface area contributed by atoms with Gasteiger partial charge in [0.1, 0.15) is 0 Å². The van der Waals surface area contributed by atoms with Crippen LogP contribution in [-0.4, -0.2) is 52.0 Å². The third-order valence-electron chi connectivity index (χ3n) is 4.21. The fraction of sp³-hybridized carbons (Fsp3) is 0.438. The van der Waals surface area contributed by atoms with Gasteiger partial charge in [0.15, 0.2) is 5.69 Å². The molecule has 116 valence electrons. The van der Waals surface area contributed by atoms with E-state index >= 15 is 0 Å². The van der Waals surface area contributed by atoms with Crippen molar-refractivity contribution in [1.29, 1.82) is 0 Å². The number of hydrogen-bond acceptors (Lipinski definition) is 4. The molecule has 1 atom stereocenters. The van der Waals surface area contributed by atoms with Gasteiger partial charge in [-0.15, -0.1) is 5.10 Å². The first kappa shape index (κ1) is 14.7. The highest BCUT2D eigenvalue weighted by molar-refractivity contribution is 5.93. The lowest BCUT2D eigenvalue weighted by Crippen LogP contribution is -2.47. The van der Waals surface area contributed by atoms with Crippen LogP contribution in [0, 0.1) is 6.92 Å². The molecule has 2 aromatic rings. The third-order valence-corrected chi connectivity index (χ3v) is 4.21. The van der Waals surface area contributed by atoms with Crippen molar-refractivity contribution in [2.24, 2.45) is 0 Å². The second kappa shape index (κ2) is 6.27. The van der Waals surface area contributed by atoms with Crippen LogP contribution in [0.5, 0.6) is 0 Å². The number of rotatable bonds is 3. The van der Waals surface area contributed by atoms with Crippen LogP contribution < -0.4 is 5.32 Å². The lowest BCUT2D eigenvalue weighted by atomic mass is 10.1. The van der Waals surface area contributed by atoms with Crippen LogP contribution in [-0.2, 0) is 0 Å². The van der Waals surface area contributed by atoms with Crippen LogP contribution in [0.25, 0.3) is 5.69 Å². The van der Waals surface area contributed by atoms with E-state index in [0.29, 0.717) is 11.7 Å². The minimum atomic E-state index is -0.0281. The Hall–Kier alpha value is -2.21. The SMILES string of the molecule is CNC1CCCN(C(=O)c2nnn(-c3ccccc3)c2C)C1. The van der Waals surface area contributed by atoms with Gasteiger partial charge >= 0.3 is 0 Å². The van der Waals surface area contributed by atoms with E-state index in [-0.39, 0.29) is 5.91 Å². The van der Waals surface area contributed by atoms with Gasteiger partial charge in [0, 0.05) is 19.1 Å². The molecule has 3 rings (SSSR count). The van der Waals surface area contributed by atoms with Crippen LogP contribution in [0.2, 0.25) is 0 Å². The Bertz CT molecular complexity index is 652. The van der Waals surface area contributed by atoms with E-state index in [2.05, 4.69) is 15.6 Å². The number of likely N-dealkylation sites (N-methyl/N-ethyl adjacent to an activating group) is 1. The molecule has 1 aliphatic rings. The van der Waals surface area contributed by atoms with Gasteiger partial charge in [0.05, 0.1) is 11.4 Å². The van der Waals surface area contributed by atoms with Crippen LogP contribution >= 0.6 is 0 Å². The number of benzene rings is 1. The van der Waals surface area contributed by atoms with Gasteiger partial charge in [0.2, 0.25) is 0 Å². The number of amides is 1. The molecule has 0 spiro atoms. The number of hydrogen-bond donors (Lipinski definition) is 1. The molecule has 0 radical (unpaired) electrons. The molecule has 2 heterocycles. The molecule has 22 heavy (non-hydrogen) atoms. The largest absolute Gasteiger partial charge is 0.336 e. The Morgan fingerprint density at radius 2 is 2.09 bits per heavy atom. The average molecular weight is 299 g/mol. The average Bonchev–Trinajstić information content (AvgIpc) is 2.96. The van der Waals surface area contributed by atoms with Crippen molar-refractivity contribution in [3.8, 4) is 5.69 Å². The molecule has 1 N–H and O–H groups in total. The number of carbonyl (C=O) groups excluding carboxylic acids is 1. The third kappa shape index (κ3) is 2.74. The van der Waals surface area contributed by atoms with Crippen LogP contribution in [0.1, 0.15) is 29.0 Å². The van der Waals surface area contributed by atoms with E-state index in [1.54, 1.807) is 4.68 Å². The molecule has 1 aromatic carbocycles. The number of likely N-dealkylation sites (tertiary alicyclic amines) is 1. The Morgan fingerprint density at radius 1 is 1.32 bits per heavy atom. The van der Waals surface area contributed by atoms with Crippen LogP contribution in [0.15, 0.2) is 30.3 Å². The first-order chi connectivity index (χ1) is 10.7. The predicted octanol–water partition coefficient (Wildman–Crippen LogP) is 1.40. The number of nitrogens with zero attached hydrogens (tertiary/aromatic N) is 4. The number of nitrogens with one attached hydrogen (secondary N) is 1. The zero-order chi connectivity index (χ0) is 15.5. The molecule has 1 unspecified atom stereocenters. The van der Waals surface area contributed by atoms with Gasteiger partial charge in [-0.05, 0) is 38.9 Å². The van der Waals surface area contributed by atoms with Crippen molar-refractivity contribution in [1.82, 2.24) is 25.2 Å². The summed E-state index contributed by atoms with van der Waals surface area (Å²) in [7, 11) is 1.94. The van der Waals surface area contributed by atoms with E-state index in [4.69, 9.17) is 0 Å². The Labute approximate surface area is 130 Å². The van der Waals surface area contributed by atoms with E-state index in [1.165, 1.54) is 0 Å². The molecule has 1 saturated heterocycles. The highest BCUT2D eigenvalue weighted by atomic mass is 16.2. The van der Waals surface area contributed by atoms with Crippen molar-refractivity contribution in [2.75, 3.05) is 20.1 Å². The van der Waals surface area contributed by atoms with Gasteiger partial charge in [0.25, 0.3) is 5.91 Å². The van der Waals surface area contributed by atoms with Crippen molar-refractivity contribution in [3.05, 3.63) is 41.7 Å². The fourth-order valence-electron chi connectivity index (χ4n) is 2.89. The zero-order valence-corrected chi connectivity index (χ0v) is 13.0. The van der Waals surface area contributed by atoms with E-state index in [9.17, 15) is 4.79 Å². The van der Waals surface area contributed by atoms with Crippen molar-refractivity contribution >= 4 is 5.91 Å². The summed E-state index contributed by atoms with van der Waals surface area (Å²) in [5.74, 6) is -0.0281. The minimum Gasteiger partial charge on any atom is -0.336 e. The van der Waals surface area contributed by atoms with E-state index in [1.807, 2.05) is 49.2 Å². The maximum absolute atomic E-state index is 12.7. The quantitative estimate of drug-likeness (QED) is 0.930. The van der Waals surface area contributed by atoms with Gasteiger partial charge < -0.3 is 10.2 Å². The molecule has 0 aliphatic carbocycles. The van der Waals surface area contributed by atoms with Crippen LogP contribution in [0.4, 0.5) is 0 Å². The van der Waals surface area contributed by atoms with Gasteiger partial charge in [-0.1, -0.05) is 23.4 Å². The molecular formula is C16H21N5O. The normalized spacial score (nSPS) is 18.5. The molecule has 1 aromatic heterocycles. The Balaban J connectivity index is 1.83. The summed E-state index contributed by atoms with van der Waals surface area (Å²) in [6.45, 7) is 3.40. The van der Waals surface area contributed by atoms with E-state index in [0.717, 1.165) is 37.3 Å². The summed E-state index contributed by atoms with van der Waals surface area (Å²) < 4.78 is 1.72. The summed E-state index contributed by atoms with van der Waals surface area (Å²) in [6, 6.07) is 10.1. The second-order valence-corrected chi connectivity index (χ2v) is 5.65. The summed E-state index contributed by atoms with van der Waals surface area (Å²) >= 11 is 0. The first-order valence-electron chi connectivity index (χ1n) is 7.65. The molecule has 1 amide bonds.